The second kappa shape index (κ2) is 4.99. The Morgan fingerprint density at radius 2 is 1.86 bits per heavy atom. The van der Waals surface area contributed by atoms with E-state index >= 15 is 0 Å². The van der Waals surface area contributed by atoms with Crippen LogP contribution in [0.15, 0.2) is 42.6 Å². The molecule has 3 heteroatoms. The molecule has 0 aliphatic heterocycles. The van der Waals surface area contributed by atoms with Crippen LogP contribution >= 0.6 is 0 Å². The van der Waals surface area contributed by atoms with Crippen LogP contribution in [0.4, 0.5) is 0 Å². The first-order chi connectivity index (χ1) is 9.90. The number of nitrogens with zero attached hydrogens (tertiary/aromatic N) is 2. The molecule has 1 aliphatic carbocycles. The molecule has 0 spiro atoms. The molecule has 112 valence electrons. The zero-order valence-electron chi connectivity index (χ0n) is 13.1. The lowest BCUT2D eigenvalue weighted by Crippen LogP contribution is -2.41. The molecule has 1 N–H and O–H groups in total. The Morgan fingerprint density at radius 3 is 2.52 bits per heavy atom. The summed E-state index contributed by atoms with van der Waals surface area (Å²) in [4.78, 5) is 0. The fraction of sp³-hybridized carbons (Fsp3) is 0.500. The average molecular weight is 284 g/mol. The molecule has 1 aromatic heterocycles. The summed E-state index contributed by atoms with van der Waals surface area (Å²) in [5.41, 5.74) is 1.27. The van der Waals surface area contributed by atoms with E-state index in [4.69, 9.17) is 0 Å². The molecule has 2 unspecified atom stereocenters. The molecule has 1 heterocycles. The highest BCUT2D eigenvalue weighted by atomic mass is 16.3. The highest BCUT2D eigenvalue weighted by Crippen LogP contribution is 2.48. The minimum atomic E-state index is -0.798. The maximum absolute atomic E-state index is 11.3. The Morgan fingerprint density at radius 1 is 1.14 bits per heavy atom. The molecular formula is C18H24N2O. The van der Waals surface area contributed by atoms with Crippen molar-refractivity contribution in [3.63, 3.8) is 0 Å². The summed E-state index contributed by atoms with van der Waals surface area (Å²) < 4.78 is 1.88. The predicted octanol–water partition coefficient (Wildman–Crippen LogP) is 3.91. The Labute approximate surface area is 126 Å². The minimum absolute atomic E-state index is 0.151. The third-order valence-electron chi connectivity index (χ3n) is 4.48. The molecule has 0 amide bonds. The minimum Gasteiger partial charge on any atom is -0.384 e. The number of rotatable bonds is 2. The van der Waals surface area contributed by atoms with Crippen LogP contribution in [0.25, 0.3) is 5.69 Å². The second-order valence-electron chi connectivity index (χ2n) is 7.35. The summed E-state index contributed by atoms with van der Waals surface area (Å²) in [6, 6.07) is 12.0. The van der Waals surface area contributed by atoms with Crippen molar-refractivity contribution in [2.45, 2.75) is 45.6 Å². The van der Waals surface area contributed by atoms with Gasteiger partial charge in [-0.25, -0.2) is 4.68 Å². The molecule has 0 saturated heterocycles. The molecule has 1 saturated carbocycles. The van der Waals surface area contributed by atoms with E-state index in [1.165, 1.54) is 0 Å². The van der Waals surface area contributed by atoms with Crippen molar-refractivity contribution in [3.05, 3.63) is 48.3 Å². The van der Waals surface area contributed by atoms with Gasteiger partial charge in [-0.1, -0.05) is 39.0 Å². The van der Waals surface area contributed by atoms with Gasteiger partial charge in [-0.2, -0.15) is 5.10 Å². The number of benzene rings is 1. The molecule has 3 rings (SSSR count). The lowest BCUT2D eigenvalue weighted by molar-refractivity contribution is -0.0680. The van der Waals surface area contributed by atoms with Gasteiger partial charge in [-0.05, 0) is 48.8 Å². The predicted molar refractivity (Wildman–Crippen MR) is 84.3 cm³/mol. The van der Waals surface area contributed by atoms with E-state index in [9.17, 15) is 5.11 Å². The van der Waals surface area contributed by atoms with E-state index in [-0.39, 0.29) is 5.41 Å². The monoisotopic (exact) mass is 284 g/mol. The SMILES string of the molecule is CC1CC(C)(C)CC(O)(c2ccnn2-c2ccccc2)C1. The van der Waals surface area contributed by atoms with Gasteiger partial charge in [0, 0.05) is 6.20 Å². The lowest BCUT2D eigenvalue weighted by atomic mass is 9.65. The summed E-state index contributed by atoms with van der Waals surface area (Å²) in [5.74, 6) is 0.512. The van der Waals surface area contributed by atoms with Crippen LogP contribution < -0.4 is 0 Å². The Bertz CT molecular complexity index is 617. The van der Waals surface area contributed by atoms with E-state index in [0.29, 0.717) is 5.92 Å². The quantitative estimate of drug-likeness (QED) is 0.908. The molecular weight excluding hydrogens is 260 g/mol. The van der Waals surface area contributed by atoms with Crippen LogP contribution in [0.3, 0.4) is 0 Å². The van der Waals surface area contributed by atoms with E-state index in [1.807, 2.05) is 41.1 Å². The molecule has 1 fully saturated rings. The number of aliphatic hydroxyl groups is 1. The lowest BCUT2D eigenvalue weighted by Gasteiger charge is -2.44. The van der Waals surface area contributed by atoms with Crippen LogP contribution in [-0.4, -0.2) is 14.9 Å². The fourth-order valence-electron chi connectivity index (χ4n) is 4.15. The maximum Gasteiger partial charge on any atom is 0.107 e. The van der Waals surface area contributed by atoms with Gasteiger partial charge >= 0.3 is 0 Å². The molecule has 1 aromatic carbocycles. The summed E-state index contributed by atoms with van der Waals surface area (Å²) in [6.45, 7) is 6.73. The van der Waals surface area contributed by atoms with Gasteiger partial charge in [0.1, 0.15) is 5.60 Å². The molecule has 2 atom stereocenters. The standard InChI is InChI=1S/C18H24N2O/c1-14-11-17(2,3)13-18(21,12-14)16-9-10-19-20(16)15-7-5-4-6-8-15/h4-10,14,21H,11-13H2,1-3H3. The highest BCUT2D eigenvalue weighted by Gasteiger charge is 2.44. The Balaban J connectivity index is 2.03. The van der Waals surface area contributed by atoms with Crippen LogP contribution in [0, 0.1) is 11.3 Å². The molecule has 21 heavy (non-hydrogen) atoms. The number of hydrogen-bond donors (Lipinski definition) is 1. The van der Waals surface area contributed by atoms with Crippen molar-refractivity contribution >= 4 is 0 Å². The van der Waals surface area contributed by atoms with Gasteiger partial charge in [-0.3, -0.25) is 0 Å². The van der Waals surface area contributed by atoms with Gasteiger partial charge in [0.05, 0.1) is 11.4 Å². The van der Waals surface area contributed by atoms with Gasteiger partial charge in [0.15, 0.2) is 0 Å². The first-order valence-electron chi connectivity index (χ1n) is 7.72. The van der Waals surface area contributed by atoms with Gasteiger partial charge in [-0.15, -0.1) is 0 Å². The summed E-state index contributed by atoms with van der Waals surface area (Å²) in [6.07, 6.45) is 4.53. The summed E-state index contributed by atoms with van der Waals surface area (Å²) in [5, 5.41) is 15.8. The van der Waals surface area contributed by atoms with E-state index < -0.39 is 5.60 Å². The summed E-state index contributed by atoms with van der Waals surface area (Å²) >= 11 is 0. The number of para-hydroxylation sites is 1. The molecule has 1 aliphatic rings. The third kappa shape index (κ3) is 2.75. The van der Waals surface area contributed by atoms with Crippen molar-refractivity contribution in [1.29, 1.82) is 0 Å². The van der Waals surface area contributed by atoms with E-state index in [1.54, 1.807) is 6.20 Å². The van der Waals surface area contributed by atoms with Crippen molar-refractivity contribution < 1.29 is 5.11 Å². The maximum atomic E-state index is 11.3. The normalized spacial score (nSPS) is 28.5. The molecule has 3 nitrogen and oxygen atoms in total. The Hall–Kier alpha value is -1.61. The summed E-state index contributed by atoms with van der Waals surface area (Å²) in [7, 11) is 0. The second-order valence-corrected chi connectivity index (χ2v) is 7.35. The van der Waals surface area contributed by atoms with Crippen molar-refractivity contribution in [3.8, 4) is 5.69 Å². The van der Waals surface area contributed by atoms with Crippen molar-refractivity contribution in [2.24, 2.45) is 11.3 Å². The number of aromatic nitrogens is 2. The smallest absolute Gasteiger partial charge is 0.107 e. The molecule has 2 aromatic rings. The topological polar surface area (TPSA) is 38.1 Å². The fourth-order valence-corrected chi connectivity index (χ4v) is 4.15. The largest absolute Gasteiger partial charge is 0.384 e. The van der Waals surface area contributed by atoms with Crippen LogP contribution in [-0.2, 0) is 5.60 Å². The van der Waals surface area contributed by atoms with Gasteiger partial charge < -0.3 is 5.11 Å². The average Bonchev–Trinajstić information content (AvgIpc) is 2.86. The van der Waals surface area contributed by atoms with Gasteiger partial charge in [0.2, 0.25) is 0 Å². The third-order valence-corrected chi connectivity index (χ3v) is 4.48. The highest BCUT2D eigenvalue weighted by molar-refractivity contribution is 5.34. The van der Waals surface area contributed by atoms with E-state index in [2.05, 4.69) is 25.9 Å². The first kappa shape index (κ1) is 14.3. The molecule has 0 radical (unpaired) electrons. The zero-order valence-corrected chi connectivity index (χ0v) is 13.1. The first-order valence-corrected chi connectivity index (χ1v) is 7.72. The Kier molecular flexibility index (Phi) is 3.40. The molecule has 0 bridgehead atoms. The van der Waals surface area contributed by atoms with Crippen LogP contribution in [0.2, 0.25) is 0 Å². The van der Waals surface area contributed by atoms with Crippen LogP contribution in [0.1, 0.15) is 45.7 Å². The zero-order chi connectivity index (χ0) is 15.1. The van der Waals surface area contributed by atoms with Crippen molar-refractivity contribution in [2.75, 3.05) is 0 Å². The van der Waals surface area contributed by atoms with Crippen LogP contribution in [0.5, 0.6) is 0 Å². The number of hydrogen-bond acceptors (Lipinski definition) is 2. The van der Waals surface area contributed by atoms with E-state index in [0.717, 1.165) is 30.6 Å². The van der Waals surface area contributed by atoms with Crippen molar-refractivity contribution in [1.82, 2.24) is 9.78 Å². The van der Waals surface area contributed by atoms with Gasteiger partial charge in [0.25, 0.3) is 0 Å².